The lowest BCUT2D eigenvalue weighted by Gasteiger charge is -2.37. The number of rotatable bonds is 4. The Morgan fingerprint density at radius 1 is 1.08 bits per heavy atom. The van der Waals surface area contributed by atoms with Gasteiger partial charge in [0.05, 0.1) is 12.1 Å². The van der Waals surface area contributed by atoms with E-state index >= 15 is 0 Å². The minimum Gasteiger partial charge on any atom is -0.425 e. The molecule has 2 aliphatic rings. The molecule has 132 valence electrons. The van der Waals surface area contributed by atoms with Crippen LogP contribution in [0, 0.1) is 29.6 Å². The van der Waals surface area contributed by atoms with E-state index in [1.165, 1.54) is 50.4 Å². The normalized spacial score (nSPS) is 30.8. The van der Waals surface area contributed by atoms with Crippen molar-refractivity contribution in [1.29, 1.82) is 0 Å². The van der Waals surface area contributed by atoms with Crippen LogP contribution in [0.5, 0.6) is 5.75 Å². The van der Waals surface area contributed by atoms with Crippen LogP contribution in [0.15, 0.2) is 18.3 Å². The molecular formula is C20H28FNO2. The summed E-state index contributed by atoms with van der Waals surface area (Å²) < 4.78 is 18.1. The number of pyridine rings is 1. The van der Waals surface area contributed by atoms with E-state index in [4.69, 9.17) is 4.74 Å². The summed E-state index contributed by atoms with van der Waals surface area (Å²) in [5, 5.41) is 0. The Morgan fingerprint density at radius 3 is 2.25 bits per heavy atom. The Bertz CT molecular complexity index is 529. The van der Waals surface area contributed by atoms with Crippen LogP contribution in [0.1, 0.15) is 64.7 Å². The first-order chi connectivity index (χ1) is 11.7. The van der Waals surface area contributed by atoms with Crippen LogP contribution in [0.3, 0.4) is 0 Å². The molecule has 3 rings (SSSR count). The second-order valence-electron chi connectivity index (χ2n) is 7.54. The average molecular weight is 333 g/mol. The molecule has 0 atom stereocenters. The Balaban J connectivity index is 1.44. The number of esters is 1. The first-order valence-electron chi connectivity index (χ1n) is 9.49. The highest BCUT2D eigenvalue weighted by Crippen LogP contribution is 2.42. The van der Waals surface area contributed by atoms with Gasteiger partial charge in [-0.05, 0) is 68.4 Å². The number of halogens is 1. The van der Waals surface area contributed by atoms with E-state index in [0.717, 1.165) is 43.4 Å². The fraction of sp³-hybridized carbons (Fsp3) is 0.700. The molecule has 24 heavy (non-hydrogen) atoms. The number of carbonyl (C=O) groups is 1. The van der Waals surface area contributed by atoms with Crippen LogP contribution < -0.4 is 4.74 Å². The molecule has 0 saturated heterocycles. The van der Waals surface area contributed by atoms with E-state index in [1.807, 2.05) is 0 Å². The molecule has 0 radical (unpaired) electrons. The minimum atomic E-state index is -0.562. The molecule has 2 aliphatic carbocycles. The van der Waals surface area contributed by atoms with Crippen molar-refractivity contribution in [2.45, 2.75) is 64.7 Å². The summed E-state index contributed by atoms with van der Waals surface area (Å²) in [7, 11) is 0. The molecule has 0 aromatic carbocycles. The van der Waals surface area contributed by atoms with Gasteiger partial charge in [0.2, 0.25) is 5.95 Å². The SMILES string of the molecule is CC[C@H]1CC[C@H]([C@H]2CC[C@H](C(=O)Oc3ccc(F)nc3)CC2)CC1. The maximum absolute atomic E-state index is 12.8. The molecule has 0 bridgehead atoms. The molecule has 2 fully saturated rings. The smallest absolute Gasteiger partial charge is 0.314 e. The monoisotopic (exact) mass is 333 g/mol. The van der Waals surface area contributed by atoms with Crippen molar-refractivity contribution in [2.75, 3.05) is 0 Å². The third kappa shape index (κ3) is 4.34. The minimum absolute atomic E-state index is 0.0155. The van der Waals surface area contributed by atoms with Crippen molar-refractivity contribution >= 4 is 5.97 Å². The molecule has 0 unspecified atom stereocenters. The number of ether oxygens (including phenoxy) is 1. The fourth-order valence-corrected chi connectivity index (χ4v) is 4.52. The highest BCUT2D eigenvalue weighted by molar-refractivity contribution is 5.75. The molecule has 0 aliphatic heterocycles. The third-order valence-electron chi connectivity index (χ3n) is 6.16. The largest absolute Gasteiger partial charge is 0.425 e. The quantitative estimate of drug-likeness (QED) is 0.565. The number of nitrogens with zero attached hydrogens (tertiary/aromatic N) is 1. The topological polar surface area (TPSA) is 39.2 Å². The van der Waals surface area contributed by atoms with E-state index in [-0.39, 0.29) is 11.9 Å². The standard InChI is InChI=1S/C20H28FNO2/c1-2-14-3-5-15(6-4-14)16-7-9-17(10-8-16)20(23)24-18-11-12-19(21)22-13-18/h11-17H,2-10H2,1H3/t14-,15-,16-,17-. The van der Waals surface area contributed by atoms with Crippen LogP contribution in [-0.4, -0.2) is 11.0 Å². The van der Waals surface area contributed by atoms with Gasteiger partial charge in [-0.25, -0.2) is 4.98 Å². The Labute approximate surface area is 144 Å². The van der Waals surface area contributed by atoms with Crippen LogP contribution in [0.2, 0.25) is 0 Å². The number of aromatic nitrogens is 1. The molecule has 2 saturated carbocycles. The zero-order chi connectivity index (χ0) is 16.9. The highest BCUT2D eigenvalue weighted by Gasteiger charge is 2.33. The van der Waals surface area contributed by atoms with Crippen molar-refractivity contribution in [3.8, 4) is 5.75 Å². The first-order valence-corrected chi connectivity index (χ1v) is 9.49. The summed E-state index contributed by atoms with van der Waals surface area (Å²) in [5.74, 6) is 2.17. The first kappa shape index (κ1) is 17.4. The zero-order valence-electron chi connectivity index (χ0n) is 14.5. The fourth-order valence-electron chi connectivity index (χ4n) is 4.52. The van der Waals surface area contributed by atoms with Gasteiger partial charge in [0.15, 0.2) is 0 Å². The molecular weight excluding hydrogens is 305 g/mol. The zero-order valence-corrected chi connectivity index (χ0v) is 14.5. The Morgan fingerprint density at radius 2 is 1.71 bits per heavy atom. The van der Waals surface area contributed by atoms with Gasteiger partial charge < -0.3 is 4.74 Å². The number of hydrogen-bond acceptors (Lipinski definition) is 3. The maximum atomic E-state index is 12.8. The van der Waals surface area contributed by atoms with Gasteiger partial charge in [0, 0.05) is 0 Å². The maximum Gasteiger partial charge on any atom is 0.314 e. The molecule has 0 spiro atoms. The van der Waals surface area contributed by atoms with Crippen molar-refractivity contribution in [3.05, 3.63) is 24.3 Å². The average Bonchev–Trinajstić information content (AvgIpc) is 2.64. The molecule has 1 heterocycles. The van der Waals surface area contributed by atoms with E-state index in [9.17, 15) is 9.18 Å². The van der Waals surface area contributed by atoms with E-state index in [2.05, 4.69) is 11.9 Å². The van der Waals surface area contributed by atoms with Gasteiger partial charge in [-0.1, -0.05) is 26.2 Å². The molecule has 1 aromatic rings. The van der Waals surface area contributed by atoms with E-state index in [0.29, 0.717) is 5.75 Å². The summed E-state index contributed by atoms with van der Waals surface area (Å²) in [6.45, 7) is 2.30. The Kier molecular flexibility index (Phi) is 5.85. The summed E-state index contributed by atoms with van der Waals surface area (Å²) in [6.07, 6.45) is 12.2. The summed E-state index contributed by atoms with van der Waals surface area (Å²) in [6, 6.07) is 2.67. The van der Waals surface area contributed by atoms with Crippen molar-refractivity contribution in [2.24, 2.45) is 23.7 Å². The van der Waals surface area contributed by atoms with Gasteiger partial charge in [0.25, 0.3) is 0 Å². The second kappa shape index (κ2) is 8.09. The molecule has 0 amide bonds. The van der Waals surface area contributed by atoms with Crippen molar-refractivity contribution in [1.82, 2.24) is 4.98 Å². The van der Waals surface area contributed by atoms with E-state index < -0.39 is 5.95 Å². The highest BCUT2D eigenvalue weighted by atomic mass is 19.1. The van der Waals surface area contributed by atoms with Crippen LogP contribution >= 0.6 is 0 Å². The van der Waals surface area contributed by atoms with Crippen LogP contribution in [0.25, 0.3) is 0 Å². The number of carbonyl (C=O) groups excluding carboxylic acids is 1. The van der Waals surface area contributed by atoms with E-state index in [1.54, 1.807) is 0 Å². The lowest BCUT2D eigenvalue weighted by Crippen LogP contribution is -2.30. The third-order valence-corrected chi connectivity index (χ3v) is 6.16. The van der Waals surface area contributed by atoms with Gasteiger partial charge in [-0.15, -0.1) is 0 Å². The number of hydrogen-bond donors (Lipinski definition) is 0. The molecule has 3 nitrogen and oxygen atoms in total. The van der Waals surface area contributed by atoms with Crippen LogP contribution in [0.4, 0.5) is 4.39 Å². The molecule has 1 aromatic heterocycles. The summed E-state index contributed by atoms with van der Waals surface area (Å²) in [4.78, 5) is 15.8. The van der Waals surface area contributed by atoms with Gasteiger partial charge >= 0.3 is 5.97 Å². The van der Waals surface area contributed by atoms with Crippen molar-refractivity contribution in [3.63, 3.8) is 0 Å². The van der Waals surface area contributed by atoms with Gasteiger partial charge in [-0.3, -0.25) is 4.79 Å². The van der Waals surface area contributed by atoms with Gasteiger partial charge in [0.1, 0.15) is 5.75 Å². The molecule has 0 N–H and O–H groups in total. The van der Waals surface area contributed by atoms with Crippen molar-refractivity contribution < 1.29 is 13.9 Å². The Hall–Kier alpha value is -1.45. The lowest BCUT2D eigenvalue weighted by atomic mass is 9.69. The summed E-state index contributed by atoms with van der Waals surface area (Å²) in [5.41, 5.74) is 0. The lowest BCUT2D eigenvalue weighted by molar-refractivity contribution is -0.140. The molecule has 4 heteroatoms. The van der Waals surface area contributed by atoms with Gasteiger partial charge in [-0.2, -0.15) is 4.39 Å². The summed E-state index contributed by atoms with van der Waals surface area (Å²) >= 11 is 0. The van der Waals surface area contributed by atoms with Crippen LogP contribution in [-0.2, 0) is 4.79 Å². The predicted molar refractivity (Wildman–Crippen MR) is 91.0 cm³/mol. The predicted octanol–water partition coefficient (Wildman–Crippen LogP) is 5.15. The second-order valence-corrected chi connectivity index (χ2v) is 7.54.